The molecule has 0 saturated carbocycles. The lowest BCUT2D eigenvalue weighted by molar-refractivity contribution is 0.104. The molecule has 0 atom stereocenters. The van der Waals surface area contributed by atoms with Gasteiger partial charge in [0.05, 0.1) is 11.9 Å². The summed E-state index contributed by atoms with van der Waals surface area (Å²) < 4.78 is 1.64. The second kappa shape index (κ2) is 6.74. The highest BCUT2D eigenvalue weighted by atomic mass is 79.9. The quantitative estimate of drug-likeness (QED) is 0.273. The van der Waals surface area contributed by atoms with Crippen LogP contribution in [0.1, 0.15) is 26.3 Å². The molecule has 0 unspecified atom stereocenters. The molecule has 126 valence electrons. The van der Waals surface area contributed by atoms with E-state index in [1.54, 1.807) is 18.2 Å². The van der Waals surface area contributed by atoms with Crippen LogP contribution in [0.5, 0.6) is 0 Å². The second-order valence-electron chi connectivity index (χ2n) is 5.85. The third-order valence-electron chi connectivity index (χ3n) is 4.24. The van der Waals surface area contributed by atoms with Crippen LogP contribution in [0.15, 0.2) is 74.6 Å². The molecule has 0 aliphatic heterocycles. The number of aliphatic imine (C=N–C) groups is 1. The van der Waals surface area contributed by atoms with Crippen molar-refractivity contribution in [2.75, 3.05) is 0 Å². The monoisotopic (exact) mass is 467 g/mol. The number of halogens is 2. The summed E-state index contributed by atoms with van der Waals surface area (Å²) in [7, 11) is 0. The smallest absolute Gasteiger partial charge is 0.204 e. The molecule has 4 rings (SSSR count). The molecule has 0 radical (unpaired) electrons. The predicted molar refractivity (Wildman–Crippen MR) is 110 cm³/mol. The van der Waals surface area contributed by atoms with Gasteiger partial charge in [0.15, 0.2) is 5.78 Å². The number of rotatable bonds is 3. The summed E-state index contributed by atoms with van der Waals surface area (Å²) in [4.78, 5) is 29.2. The van der Waals surface area contributed by atoms with Crippen molar-refractivity contribution in [1.82, 2.24) is 0 Å². The van der Waals surface area contributed by atoms with E-state index in [2.05, 4.69) is 36.9 Å². The zero-order valence-electron chi connectivity index (χ0n) is 13.4. The number of nitrogens with zero attached hydrogens (tertiary/aromatic N) is 1. The maximum Gasteiger partial charge on any atom is 0.204 e. The van der Waals surface area contributed by atoms with E-state index < -0.39 is 0 Å². The molecule has 0 fully saturated rings. The van der Waals surface area contributed by atoms with E-state index in [1.165, 1.54) is 6.21 Å². The first kappa shape index (κ1) is 17.1. The molecule has 26 heavy (non-hydrogen) atoms. The summed E-state index contributed by atoms with van der Waals surface area (Å²) in [6.45, 7) is 0. The standard InChI is InChI=1S/C21H11Br2NO2/c22-13-7-5-12(6-8-13)20(25)11-24-19-10-17-16(9-18(19)23)14-3-1-2-4-15(14)21(17)26/h1-11H. The van der Waals surface area contributed by atoms with Gasteiger partial charge >= 0.3 is 0 Å². The maximum atomic E-state index is 12.6. The van der Waals surface area contributed by atoms with Crippen LogP contribution in [-0.4, -0.2) is 17.8 Å². The number of hydrogen-bond acceptors (Lipinski definition) is 3. The largest absolute Gasteiger partial charge is 0.289 e. The summed E-state index contributed by atoms with van der Waals surface area (Å²) in [6.07, 6.45) is 1.28. The van der Waals surface area contributed by atoms with Crippen LogP contribution < -0.4 is 0 Å². The van der Waals surface area contributed by atoms with Crippen molar-refractivity contribution in [2.24, 2.45) is 4.99 Å². The van der Waals surface area contributed by atoms with E-state index in [9.17, 15) is 9.59 Å². The van der Waals surface area contributed by atoms with Gasteiger partial charge in [-0.1, -0.05) is 40.2 Å². The van der Waals surface area contributed by atoms with Gasteiger partial charge in [0.2, 0.25) is 5.78 Å². The molecule has 0 bridgehead atoms. The van der Waals surface area contributed by atoms with Crippen LogP contribution >= 0.6 is 31.9 Å². The minimum absolute atomic E-state index is 0.0150. The van der Waals surface area contributed by atoms with Gasteiger partial charge in [-0.05, 0) is 63.5 Å². The zero-order valence-corrected chi connectivity index (χ0v) is 16.5. The molecule has 1 aliphatic carbocycles. The molecule has 5 heteroatoms. The Balaban J connectivity index is 1.68. The highest BCUT2D eigenvalue weighted by molar-refractivity contribution is 9.10. The molecule has 3 aromatic rings. The summed E-state index contributed by atoms with van der Waals surface area (Å²) in [5.41, 5.74) is 4.22. The van der Waals surface area contributed by atoms with E-state index in [0.717, 1.165) is 20.1 Å². The fraction of sp³-hybridized carbons (Fsp3) is 0. The van der Waals surface area contributed by atoms with Gasteiger partial charge < -0.3 is 0 Å². The molecule has 0 aromatic heterocycles. The fourth-order valence-electron chi connectivity index (χ4n) is 2.95. The van der Waals surface area contributed by atoms with Crippen molar-refractivity contribution in [3.8, 4) is 11.1 Å². The van der Waals surface area contributed by atoms with Crippen molar-refractivity contribution in [1.29, 1.82) is 0 Å². The van der Waals surface area contributed by atoms with Crippen molar-refractivity contribution in [3.05, 3.63) is 86.3 Å². The SMILES string of the molecule is O=C(C=Nc1cc2c(cc1Br)-c1ccccc1C2=O)c1ccc(Br)cc1. The van der Waals surface area contributed by atoms with Crippen molar-refractivity contribution in [3.63, 3.8) is 0 Å². The molecule has 0 heterocycles. The van der Waals surface area contributed by atoms with E-state index in [0.29, 0.717) is 22.4 Å². The number of carbonyl (C=O) groups is 2. The Morgan fingerprint density at radius 2 is 1.54 bits per heavy atom. The average molecular weight is 469 g/mol. The van der Waals surface area contributed by atoms with Gasteiger partial charge in [-0.3, -0.25) is 14.6 Å². The molecule has 0 spiro atoms. The lowest BCUT2D eigenvalue weighted by Crippen LogP contribution is -1.99. The summed E-state index contributed by atoms with van der Waals surface area (Å²) in [5.74, 6) is -0.210. The zero-order chi connectivity index (χ0) is 18.3. The third-order valence-corrected chi connectivity index (χ3v) is 5.41. The minimum atomic E-state index is -0.195. The number of Topliss-reactive ketones (excluding diaryl/α,β-unsaturated/α-hetero) is 1. The summed E-state index contributed by atoms with van der Waals surface area (Å²) in [6, 6.07) is 18.2. The molecule has 0 N–H and O–H groups in total. The Bertz CT molecular complexity index is 1090. The molecular weight excluding hydrogens is 458 g/mol. The van der Waals surface area contributed by atoms with Crippen molar-refractivity contribution >= 4 is 55.3 Å². The normalized spacial score (nSPS) is 12.3. The highest BCUT2D eigenvalue weighted by Gasteiger charge is 2.27. The minimum Gasteiger partial charge on any atom is -0.289 e. The van der Waals surface area contributed by atoms with Crippen molar-refractivity contribution in [2.45, 2.75) is 0 Å². The second-order valence-corrected chi connectivity index (χ2v) is 7.62. The molecule has 0 saturated heterocycles. The van der Waals surface area contributed by atoms with Crippen LogP contribution in [-0.2, 0) is 0 Å². The van der Waals surface area contributed by atoms with E-state index in [4.69, 9.17) is 0 Å². The molecule has 1 aliphatic rings. The van der Waals surface area contributed by atoms with E-state index >= 15 is 0 Å². The first-order valence-corrected chi connectivity index (χ1v) is 9.45. The average Bonchev–Trinajstić information content (AvgIpc) is 2.92. The van der Waals surface area contributed by atoms with Gasteiger partial charge in [0, 0.05) is 25.6 Å². The number of ketones is 2. The Morgan fingerprint density at radius 1 is 0.846 bits per heavy atom. The summed E-state index contributed by atoms with van der Waals surface area (Å²) in [5, 5.41) is 0. The lowest BCUT2D eigenvalue weighted by Gasteiger charge is -2.04. The first-order chi connectivity index (χ1) is 12.5. The van der Waals surface area contributed by atoms with Gasteiger partial charge in [0.1, 0.15) is 0 Å². The Labute approximate surface area is 167 Å². The van der Waals surface area contributed by atoms with Crippen molar-refractivity contribution < 1.29 is 9.59 Å². The molecule has 3 nitrogen and oxygen atoms in total. The van der Waals surface area contributed by atoms with E-state index in [-0.39, 0.29) is 11.6 Å². The van der Waals surface area contributed by atoms with Gasteiger partial charge in [-0.15, -0.1) is 0 Å². The molecule has 0 amide bonds. The fourth-order valence-corrected chi connectivity index (χ4v) is 3.66. The van der Waals surface area contributed by atoms with Gasteiger partial charge in [-0.2, -0.15) is 0 Å². The highest BCUT2D eigenvalue weighted by Crippen LogP contribution is 2.41. The van der Waals surface area contributed by atoms with E-state index in [1.807, 2.05) is 42.5 Å². The maximum absolute atomic E-state index is 12.6. The predicted octanol–water partition coefficient (Wildman–Crippen LogP) is 6.01. The Morgan fingerprint density at radius 3 is 2.27 bits per heavy atom. The topological polar surface area (TPSA) is 46.5 Å². The summed E-state index contributed by atoms with van der Waals surface area (Å²) >= 11 is 6.84. The number of carbonyl (C=O) groups excluding carboxylic acids is 2. The third kappa shape index (κ3) is 2.97. The first-order valence-electron chi connectivity index (χ1n) is 7.86. The van der Waals surface area contributed by atoms with Crippen LogP contribution in [0.2, 0.25) is 0 Å². The number of benzene rings is 3. The van der Waals surface area contributed by atoms with Gasteiger partial charge in [-0.25, -0.2) is 0 Å². The van der Waals surface area contributed by atoms with Crippen LogP contribution in [0.25, 0.3) is 11.1 Å². The molecule has 3 aromatic carbocycles. The Hall–Kier alpha value is -2.37. The number of hydrogen-bond donors (Lipinski definition) is 0. The lowest BCUT2D eigenvalue weighted by atomic mass is 10.1. The molecular formula is C21H11Br2NO2. The Kier molecular flexibility index (Phi) is 4.42. The van der Waals surface area contributed by atoms with Crippen LogP contribution in [0.4, 0.5) is 5.69 Å². The van der Waals surface area contributed by atoms with Crippen LogP contribution in [0.3, 0.4) is 0 Å². The van der Waals surface area contributed by atoms with Crippen LogP contribution in [0, 0.1) is 0 Å². The van der Waals surface area contributed by atoms with Gasteiger partial charge in [0.25, 0.3) is 0 Å². The number of fused-ring (bicyclic) bond motifs is 3.